The highest BCUT2D eigenvalue weighted by atomic mass is 32.2. The van der Waals surface area contributed by atoms with Crippen LogP contribution in [0.15, 0.2) is 52.3 Å². The summed E-state index contributed by atoms with van der Waals surface area (Å²) < 4.78 is 5.81. The lowest BCUT2D eigenvalue weighted by Gasteiger charge is -2.20. The molecule has 1 aliphatic heterocycles. The zero-order chi connectivity index (χ0) is 11.8. The molecule has 0 saturated carbocycles. The number of benzene rings is 2. The van der Waals surface area contributed by atoms with Gasteiger partial charge in [-0.3, -0.25) is 0 Å². The highest BCUT2D eigenvalue weighted by Crippen LogP contribution is 2.47. The molecule has 0 bridgehead atoms. The van der Waals surface area contributed by atoms with Gasteiger partial charge in [-0.05, 0) is 36.8 Å². The van der Waals surface area contributed by atoms with Crippen LogP contribution in [0.4, 0.5) is 0 Å². The zero-order valence-corrected chi connectivity index (χ0v) is 10.2. The van der Waals surface area contributed by atoms with E-state index in [1.807, 2.05) is 42.5 Å². The molecule has 1 heterocycles. The van der Waals surface area contributed by atoms with Crippen molar-refractivity contribution < 1.29 is 9.84 Å². The van der Waals surface area contributed by atoms with Crippen LogP contribution in [0, 0.1) is 0 Å². The number of hydrogen-bond acceptors (Lipinski definition) is 3. The van der Waals surface area contributed by atoms with Gasteiger partial charge in [0.2, 0.25) is 0 Å². The van der Waals surface area contributed by atoms with Crippen molar-refractivity contribution in [1.82, 2.24) is 0 Å². The van der Waals surface area contributed by atoms with E-state index in [1.165, 1.54) is 0 Å². The summed E-state index contributed by atoms with van der Waals surface area (Å²) in [6, 6.07) is 13.8. The van der Waals surface area contributed by atoms with Crippen molar-refractivity contribution in [3.63, 3.8) is 0 Å². The molecule has 1 atom stereocenters. The summed E-state index contributed by atoms with van der Waals surface area (Å²) in [5, 5.41) is 9.57. The van der Waals surface area contributed by atoms with E-state index in [0.29, 0.717) is 0 Å². The number of hydrogen-bond donors (Lipinski definition) is 1. The third-order valence-corrected chi connectivity index (χ3v) is 3.84. The average Bonchev–Trinajstić information content (AvgIpc) is 2.35. The summed E-state index contributed by atoms with van der Waals surface area (Å²) >= 11 is 1.68. The SMILES string of the molecule is C[C@@H](O)c1ccc2c(c1)Sc1ccccc1O2. The molecule has 1 N–H and O–H groups in total. The molecule has 0 aliphatic carbocycles. The second-order valence-electron chi connectivity index (χ2n) is 4.03. The fourth-order valence-corrected chi connectivity index (χ4v) is 2.80. The normalized spacial score (nSPS) is 14.5. The van der Waals surface area contributed by atoms with Crippen LogP contribution in [0.5, 0.6) is 11.5 Å². The largest absolute Gasteiger partial charge is 0.455 e. The number of fused-ring (bicyclic) bond motifs is 2. The third-order valence-electron chi connectivity index (χ3n) is 2.74. The lowest BCUT2D eigenvalue weighted by molar-refractivity contribution is 0.199. The molecular formula is C14H12O2S. The van der Waals surface area contributed by atoms with Crippen molar-refractivity contribution in [2.24, 2.45) is 0 Å². The molecule has 1 aliphatic rings. The minimum atomic E-state index is -0.446. The summed E-state index contributed by atoms with van der Waals surface area (Å²) in [7, 11) is 0. The smallest absolute Gasteiger partial charge is 0.141 e. The van der Waals surface area contributed by atoms with E-state index in [2.05, 4.69) is 0 Å². The van der Waals surface area contributed by atoms with Crippen LogP contribution in [0.25, 0.3) is 0 Å². The lowest BCUT2D eigenvalue weighted by atomic mass is 10.1. The molecule has 2 nitrogen and oxygen atoms in total. The summed E-state index contributed by atoms with van der Waals surface area (Å²) in [5.41, 5.74) is 0.916. The number of rotatable bonds is 1. The Kier molecular flexibility index (Phi) is 2.57. The van der Waals surface area contributed by atoms with Crippen molar-refractivity contribution in [2.75, 3.05) is 0 Å². The van der Waals surface area contributed by atoms with E-state index in [1.54, 1.807) is 18.7 Å². The van der Waals surface area contributed by atoms with E-state index >= 15 is 0 Å². The number of aliphatic hydroxyl groups is 1. The molecule has 0 aromatic heterocycles. The van der Waals surface area contributed by atoms with Crippen LogP contribution in [0.2, 0.25) is 0 Å². The van der Waals surface area contributed by atoms with Crippen LogP contribution in [-0.4, -0.2) is 5.11 Å². The van der Waals surface area contributed by atoms with Gasteiger partial charge in [-0.25, -0.2) is 0 Å². The van der Waals surface area contributed by atoms with Gasteiger partial charge in [-0.1, -0.05) is 30.0 Å². The molecular weight excluding hydrogens is 232 g/mol. The Bertz CT molecular complexity index is 564. The van der Waals surface area contributed by atoms with Gasteiger partial charge in [0, 0.05) is 0 Å². The summed E-state index contributed by atoms with van der Waals surface area (Å²) in [5.74, 6) is 1.76. The third kappa shape index (κ3) is 1.92. The molecule has 0 spiro atoms. The van der Waals surface area contributed by atoms with Gasteiger partial charge in [0.1, 0.15) is 11.5 Å². The first-order chi connectivity index (χ1) is 8.24. The maximum Gasteiger partial charge on any atom is 0.141 e. The van der Waals surface area contributed by atoms with Crippen molar-refractivity contribution in [3.8, 4) is 11.5 Å². The van der Waals surface area contributed by atoms with Crippen molar-refractivity contribution in [3.05, 3.63) is 48.0 Å². The summed E-state index contributed by atoms with van der Waals surface area (Å²) in [6.07, 6.45) is -0.446. The van der Waals surface area contributed by atoms with Gasteiger partial charge in [0.05, 0.1) is 15.9 Å². The zero-order valence-electron chi connectivity index (χ0n) is 9.38. The maximum atomic E-state index is 9.57. The standard InChI is InChI=1S/C14H12O2S/c1-9(15)10-6-7-12-14(8-10)17-13-5-3-2-4-11(13)16-12/h2-9,15H,1H3/t9-/m1/s1. The van der Waals surface area contributed by atoms with E-state index in [4.69, 9.17) is 4.74 Å². The predicted molar refractivity (Wildman–Crippen MR) is 67.7 cm³/mol. The molecule has 3 rings (SSSR count). The van der Waals surface area contributed by atoms with Crippen LogP contribution in [0.1, 0.15) is 18.6 Å². The van der Waals surface area contributed by atoms with Crippen LogP contribution in [0.3, 0.4) is 0 Å². The summed E-state index contributed by atoms with van der Waals surface area (Å²) in [6.45, 7) is 1.77. The van der Waals surface area contributed by atoms with Crippen molar-refractivity contribution in [2.45, 2.75) is 22.8 Å². The quantitative estimate of drug-likeness (QED) is 0.701. The Hall–Kier alpha value is -1.45. The van der Waals surface area contributed by atoms with Crippen molar-refractivity contribution >= 4 is 11.8 Å². The molecule has 86 valence electrons. The number of ether oxygens (including phenoxy) is 1. The Balaban J connectivity index is 2.03. The molecule has 17 heavy (non-hydrogen) atoms. The second-order valence-corrected chi connectivity index (χ2v) is 5.12. The van der Waals surface area contributed by atoms with E-state index in [9.17, 15) is 5.11 Å². The fraction of sp³-hybridized carbons (Fsp3) is 0.143. The topological polar surface area (TPSA) is 29.5 Å². The van der Waals surface area contributed by atoms with E-state index in [0.717, 1.165) is 26.9 Å². The molecule has 0 amide bonds. The molecule has 3 heteroatoms. The first-order valence-corrected chi connectivity index (χ1v) is 6.32. The monoisotopic (exact) mass is 244 g/mol. The Morgan fingerprint density at radius 2 is 1.82 bits per heavy atom. The molecule has 2 aromatic carbocycles. The van der Waals surface area contributed by atoms with Gasteiger partial charge >= 0.3 is 0 Å². The van der Waals surface area contributed by atoms with Crippen LogP contribution < -0.4 is 4.74 Å². The minimum absolute atomic E-state index is 0.446. The van der Waals surface area contributed by atoms with Gasteiger partial charge < -0.3 is 9.84 Å². The lowest BCUT2D eigenvalue weighted by Crippen LogP contribution is -1.97. The molecule has 0 saturated heterocycles. The molecule has 0 radical (unpaired) electrons. The Morgan fingerprint density at radius 1 is 1.06 bits per heavy atom. The van der Waals surface area contributed by atoms with E-state index < -0.39 is 6.10 Å². The molecule has 2 aromatic rings. The highest BCUT2D eigenvalue weighted by molar-refractivity contribution is 7.99. The summed E-state index contributed by atoms with van der Waals surface area (Å²) in [4.78, 5) is 2.17. The Morgan fingerprint density at radius 3 is 2.65 bits per heavy atom. The maximum absolute atomic E-state index is 9.57. The van der Waals surface area contributed by atoms with Crippen LogP contribution in [-0.2, 0) is 0 Å². The highest BCUT2D eigenvalue weighted by Gasteiger charge is 2.18. The minimum Gasteiger partial charge on any atom is -0.455 e. The molecule has 0 unspecified atom stereocenters. The van der Waals surface area contributed by atoms with Crippen LogP contribution >= 0.6 is 11.8 Å². The average molecular weight is 244 g/mol. The van der Waals surface area contributed by atoms with Crippen molar-refractivity contribution in [1.29, 1.82) is 0 Å². The predicted octanol–water partition coefficient (Wildman–Crippen LogP) is 4.00. The van der Waals surface area contributed by atoms with Gasteiger partial charge in [0.15, 0.2) is 0 Å². The number of para-hydroxylation sites is 1. The molecule has 0 fully saturated rings. The van der Waals surface area contributed by atoms with E-state index in [-0.39, 0.29) is 0 Å². The fourth-order valence-electron chi connectivity index (χ4n) is 1.80. The van der Waals surface area contributed by atoms with Gasteiger partial charge in [-0.15, -0.1) is 0 Å². The first kappa shape index (κ1) is 10.7. The van der Waals surface area contributed by atoms with Gasteiger partial charge in [0.25, 0.3) is 0 Å². The Labute approximate surface area is 104 Å². The first-order valence-electron chi connectivity index (χ1n) is 5.51. The second kappa shape index (κ2) is 4.09. The number of aliphatic hydroxyl groups excluding tert-OH is 1. The van der Waals surface area contributed by atoms with Gasteiger partial charge in [-0.2, -0.15) is 0 Å².